The summed E-state index contributed by atoms with van der Waals surface area (Å²) >= 11 is 0. The minimum absolute atomic E-state index is 0.459. The predicted molar refractivity (Wildman–Crippen MR) is 67.5 cm³/mol. The molecule has 1 aromatic carbocycles. The molecular weight excluding hydrogens is 220 g/mol. The van der Waals surface area contributed by atoms with Crippen molar-refractivity contribution in [1.29, 1.82) is 0 Å². The topological polar surface area (TPSA) is 56.0 Å². The van der Waals surface area contributed by atoms with Crippen LogP contribution in [0.15, 0.2) is 36.4 Å². The first kappa shape index (κ1) is 11.2. The Kier molecular flexibility index (Phi) is 3.64. The van der Waals surface area contributed by atoms with Gasteiger partial charge in [0.05, 0.1) is 17.0 Å². The Labute approximate surface area is 97.1 Å². The van der Waals surface area contributed by atoms with Gasteiger partial charge in [-0.1, -0.05) is 24.3 Å². The number of hydrogen-bond acceptors (Lipinski definition) is 3. The molecule has 0 amide bonds. The van der Waals surface area contributed by atoms with Gasteiger partial charge in [-0.25, -0.2) is 0 Å². The number of nitrogens with two attached hydrogens (primary N) is 1. The van der Waals surface area contributed by atoms with Crippen LogP contribution in [0.5, 0.6) is 0 Å². The number of para-hydroxylation sites is 1. The Balaban J connectivity index is 2.22. The third-order valence-electron chi connectivity index (χ3n) is 2.31. The van der Waals surface area contributed by atoms with E-state index in [1.807, 2.05) is 36.4 Å². The summed E-state index contributed by atoms with van der Waals surface area (Å²) < 4.78 is 11.5. The molecule has 84 valence electrons. The third kappa shape index (κ3) is 2.65. The van der Waals surface area contributed by atoms with Crippen LogP contribution >= 0.6 is 0 Å². The molecule has 1 atom stereocenters. The van der Waals surface area contributed by atoms with Crippen LogP contribution in [0, 0.1) is 0 Å². The van der Waals surface area contributed by atoms with E-state index in [1.54, 1.807) is 0 Å². The van der Waals surface area contributed by atoms with Crippen LogP contribution in [-0.4, -0.2) is 21.5 Å². The highest BCUT2D eigenvalue weighted by Crippen LogP contribution is 2.12. The maximum absolute atomic E-state index is 11.5. The summed E-state index contributed by atoms with van der Waals surface area (Å²) in [5.74, 6) is 1.02. The van der Waals surface area contributed by atoms with Crippen LogP contribution < -0.4 is 5.73 Å². The van der Waals surface area contributed by atoms with Gasteiger partial charge in [0.25, 0.3) is 0 Å². The lowest BCUT2D eigenvalue weighted by molar-refractivity contribution is 0.682. The maximum Gasteiger partial charge on any atom is 0.0705 e. The van der Waals surface area contributed by atoms with E-state index in [9.17, 15) is 4.21 Å². The highest BCUT2D eigenvalue weighted by atomic mass is 32.2. The van der Waals surface area contributed by atoms with Crippen molar-refractivity contribution in [3.8, 4) is 0 Å². The first-order valence-electron chi connectivity index (χ1n) is 5.19. The number of pyridine rings is 1. The van der Waals surface area contributed by atoms with Crippen LogP contribution in [0.4, 0.5) is 0 Å². The van der Waals surface area contributed by atoms with Crippen molar-refractivity contribution in [1.82, 2.24) is 4.98 Å². The molecule has 3 nitrogen and oxygen atoms in total. The lowest BCUT2D eigenvalue weighted by atomic mass is 10.2. The smallest absolute Gasteiger partial charge is 0.0705 e. The Hall–Kier alpha value is -1.26. The van der Waals surface area contributed by atoms with Gasteiger partial charge in [0.1, 0.15) is 0 Å². The monoisotopic (exact) mass is 234 g/mol. The Morgan fingerprint density at radius 3 is 2.81 bits per heavy atom. The van der Waals surface area contributed by atoms with E-state index >= 15 is 0 Å². The number of fused-ring (bicyclic) bond motifs is 1. The van der Waals surface area contributed by atoms with Gasteiger partial charge >= 0.3 is 0 Å². The average molecular weight is 234 g/mol. The molecule has 16 heavy (non-hydrogen) atoms. The summed E-state index contributed by atoms with van der Waals surface area (Å²) in [6.45, 7) is 0.459. The van der Waals surface area contributed by atoms with Gasteiger partial charge in [-0.05, 0) is 12.1 Å². The molecule has 2 aromatic rings. The number of nitrogens with zero attached hydrogens (tertiary/aromatic N) is 1. The second-order valence-electron chi connectivity index (χ2n) is 3.57. The molecule has 1 unspecified atom stereocenters. The Bertz CT molecular complexity index is 513. The van der Waals surface area contributed by atoms with Crippen LogP contribution in [-0.2, 0) is 16.6 Å². The highest BCUT2D eigenvalue weighted by Gasteiger charge is 2.03. The summed E-state index contributed by atoms with van der Waals surface area (Å²) in [7, 11) is -0.901. The molecule has 0 aliphatic heterocycles. The van der Waals surface area contributed by atoms with E-state index < -0.39 is 10.8 Å². The first-order valence-corrected chi connectivity index (χ1v) is 6.68. The molecule has 0 aliphatic rings. The Morgan fingerprint density at radius 1 is 1.19 bits per heavy atom. The van der Waals surface area contributed by atoms with Gasteiger partial charge in [-0.15, -0.1) is 0 Å². The van der Waals surface area contributed by atoms with E-state index in [1.165, 1.54) is 0 Å². The highest BCUT2D eigenvalue weighted by molar-refractivity contribution is 7.84. The minimum atomic E-state index is -0.901. The molecule has 0 aliphatic carbocycles. The zero-order valence-electron chi connectivity index (χ0n) is 8.93. The Morgan fingerprint density at radius 2 is 2.00 bits per heavy atom. The molecule has 1 aromatic heterocycles. The van der Waals surface area contributed by atoms with Crippen LogP contribution in [0.2, 0.25) is 0 Å². The van der Waals surface area contributed by atoms with E-state index in [2.05, 4.69) is 4.98 Å². The molecule has 4 heteroatoms. The van der Waals surface area contributed by atoms with Crippen LogP contribution in [0.25, 0.3) is 10.9 Å². The summed E-state index contributed by atoms with van der Waals surface area (Å²) in [5.41, 5.74) is 7.18. The minimum Gasteiger partial charge on any atom is -0.330 e. The van der Waals surface area contributed by atoms with Gasteiger partial charge in [0.2, 0.25) is 0 Å². The van der Waals surface area contributed by atoms with Crippen molar-refractivity contribution < 1.29 is 4.21 Å². The van der Waals surface area contributed by atoms with Gasteiger partial charge in [0, 0.05) is 28.5 Å². The summed E-state index contributed by atoms with van der Waals surface area (Å²) in [5, 5.41) is 1.11. The van der Waals surface area contributed by atoms with E-state index in [0.717, 1.165) is 16.6 Å². The quantitative estimate of drug-likeness (QED) is 0.871. The van der Waals surface area contributed by atoms with Gasteiger partial charge in [-0.2, -0.15) is 0 Å². The number of rotatable bonds is 4. The molecule has 0 fully saturated rings. The van der Waals surface area contributed by atoms with Crippen molar-refractivity contribution in [2.75, 3.05) is 12.3 Å². The number of aromatic nitrogens is 1. The predicted octanol–water partition coefficient (Wildman–Crippen LogP) is 1.44. The molecule has 0 radical (unpaired) electrons. The fourth-order valence-corrected chi connectivity index (χ4v) is 2.46. The van der Waals surface area contributed by atoms with Gasteiger partial charge < -0.3 is 5.73 Å². The number of hydrogen-bond donors (Lipinski definition) is 1. The maximum atomic E-state index is 11.5. The zero-order valence-corrected chi connectivity index (χ0v) is 9.74. The normalized spacial score (nSPS) is 12.8. The van der Waals surface area contributed by atoms with Gasteiger partial charge in [-0.3, -0.25) is 9.19 Å². The first-order chi connectivity index (χ1) is 7.79. The SMILES string of the molecule is NCCS(=O)Cc1ccc2ccccc2n1. The van der Waals surface area contributed by atoms with Gasteiger partial charge in [0.15, 0.2) is 0 Å². The van der Waals surface area contributed by atoms with E-state index in [0.29, 0.717) is 18.1 Å². The van der Waals surface area contributed by atoms with Crippen LogP contribution in [0.1, 0.15) is 5.69 Å². The molecule has 2 rings (SSSR count). The molecule has 0 saturated carbocycles. The largest absolute Gasteiger partial charge is 0.330 e. The third-order valence-corrected chi connectivity index (χ3v) is 3.62. The molecule has 0 spiro atoms. The molecule has 0 bridgehead atoms. The average Bonchev–Trinajstić information content (AvgIpc) is 2.29. The standard InChI is InChI=1S/C12H14N2OS/c13-7-8-16(15)9-11-6-5-10-3-1-2-4-12(10)14-11/h1-6H,7-9,13H2. The zero-order chi connectivity index (χ0) is 11.4. The fourth-order valence-electron chi connectivity index (χ4n) is 1.56. The van der Waals surface area contributed by atoms with Crippen molar-refractivity contribution >= 4 is 21.7 Å². The summed E-state index contributed by atoms with van der Waals surface area (Å²) in [6, 6.07) is 11.9. The second-order valence-corrected chi connectivity index (χ2v) is 5.15. The van der Waals surface area contributed by atoms with Crippen molar-refractivity contribution in [3.63, 3.8) is 0 Å². The lowest BCUT2D eigenvalue weighted by Gasteiger charge is -2.02. The van der Waals surface area contributed by atoms with Crippen molar-refractivity contribution in [2.45, 2.75) is 5.75 Å². The molecule has 1 heterocycles. The van der Waals surface area contributed by atoms with Crippen LogP contribution in [0.3, 0.4) is 0 Å². The fraction of sp³-hybridized carbons (Fsp3) is 0.250. The molecular formula is C12H14N2OS. The number of benzene rings is 1. The van der Waals surface area contributed by atoms with E-state index in [4.69, 9.17) is 5.73 Å². The van der Waals surface area contributed by atoms with Crippen molar-refractivity contribution in [3.05, 3.63) is 42.1 Å². The summed E-state index contributed by atoms with van der Waals surface area (Å²) in [6.07, 6.45) is 0. The molecule has 0 saturated heterocycles. The molecule has 2 N–H and O–H groups in total. The van der Waals surface area contributed by atoms with E-state index in [-0.39, 0.29) is 0 Å². The van der Waals surface area contributed by atoms with Crippen molar-refractivity contribution in [2.24, 2.45) is 5.73 Å². The summed E-state index contributed by atoms with van der Waals surface area (Å²) in [4.78, 5) is 4.46. The second kappa shape index (κ2) is 5.18. The lowest BCUT2D eigenvalue weighted by Crippen LogP contribution is -2.12.